The zero-order valence-electron chi connectivity index (χ0n) is 15.9. The number of aliphatic imine (C=N–C) groups is 1. The summed E-state index contributed by atoms with van der Waals surface area (Å²) in [7, 11) is 0. The lowest BCUT2D eigenvalue weighted by molar-refractivity contribution is 0.288. The van der Waals surface area contributed by atoms with Crippen LogP contribution in [-0.2, 0) is 0 Å². The van der Waals surface area contributed by atoms with Crippen molar-refractivity contribution in [2.24, 2.45) is 4.99 Å². The second kappa shape index (κ2) is 8.12. The van der Waals surface area contributed by atoms with Crippen LogP contribution in [0.1, 0.15) is 19.4 Å². The Morgan fingerprint density at radius 2 is 1.64 bits per heavy atom. The van der Waals surface area contributed by atoms with E-state index in [9.17, 15) is 0 Å². The lowest BCUT2D eigenvalue weighted by Crippen LogP contribution is -2.19. The molecule has 4 rings (SSSR count). The number of nitrogens with one attached hydrogen (secondary N) is 1. The first-order valence-corrected chi connectivity index (χ1v) is 9.41. The molecule has 0 atom stereocenters. The first-order valence-electron chi connectivity index (χ1n) is 9.41. The van der Waals surface area contributed by atoms with E-state index >= 15 is 0 Å². The van der Waals surface area contributed by atoms with Crippen LogP contribution in [0.3, 0.4) is 0 Å². The molecule has 0 aliphatic carbocycles. The summed E-state index contributed by atoms with van der Waals surface area (Å²) in [6, 6.07) is 13.5. The van der Waals surface area contributed by atoms with Gasteiger partial charge in [-0.3, -0.25) is 4.99 Å². The summed E-state index contributed by atoms with van der Waals surface area (Å²) < 4.78 is 16.8. The van der Waals surface area contributed by atoms with Crippen LogP contribution < -0.4 is 14.8 Å². The van der Waals surface area contributed by atoms with Crippen LogP contribution in [-0.4, -0.2) is 42.3 Å². The maximum Gasteiger partial charge on any atom is 0.258 e. The van der Waals surface area contributed by atoms with Crippen molar-refractivity contribution in [3.63, 3.8) is 0 Å². The number of rotatable bonds is 7. The molecule has 0 amide bonds. The smallest absolute Gasteiger partial charge is 0.258 e. The van der Waals surface area contributed by atoms with Crippen LogP contribution in [0.25, 0.3) is 22.8 Å². The van der Waals surface area contributed by atoms with Gasteiger partial charge in [0.2, 0.25) is 5.82 Å². The van der Waals surface area contributed by atoms with E-state index in [-0.39, 0.29) is 0 Å². The van der Waals surface area contributed by atoms with Crippen molar-refractivity contribution in [2.45, 2.75) is 13.8 Å². The lowest BCUT2D eigenvalue weighted by Gasteiger charge is -2.11. The van der Waals surface area contributed by atoms with Crippen LogP contribution in [0.15, 0.2) is 52.0 Å². The maximum absolute atomic E-state index is 5.68. The van der Waals surface area contributed by atoms with Gasteiger partial charge >= 0.3 is 0 Å². The summed E-state index contributed by atoms with van der Waals surface area (Å²) in [6.45, 7) is 6.70. The number of hydrogen-bond acceptors (Lipinski definition) is 7. The van der Waals surface area contributed by atoms with Gasteiger partial charge in [-0.25, -0.2) is 0 Å². The molecule has 0 spiro atoms. The predicted octanol–water partition coefficient (Wildman–Crippen LogP) is 3.55. The Balaban J connectivity index is 1.58. The highest BCUT2D eigenvalue weighted by Gasteiger charge is 2.15. The van der Waals surface area contributed by atoms with Crippen LogP contribution in [0.5, 0.6) is 11.5 Å². The van der Waals surface area contributed by atoms with Crippen molar-refractivity contribution in [1.29, 1.82) is 0 Å². The molecular formula is C21H22N4O3. The minimum atomic E-state index is 0.467. The van der Waals surface area contributed by atoms with Gasteiger partial charge in [0.05, 0.1) is 19.8 Å². The van der Waals surface area contributed by atoms with Crippen molar-refractivity contribution >= 4 is 5.84 Å². The summed E-state index contributed by atoms with van der Waals surface area (Å²) in [5.41, 5.74) is 2.72. The Labute approximate surface area is 163 Å². The summed E-state index contributed by atoms with van der Waals surface area (Å²) in [4.78, 5) is 8.96. The van der Waals surface area contributed by atoms with Gasteiger partial charge in [0, 0.05) is 23.2 Å². The summed E-state index contributed by atoms with van der Waals surface area (Å²) in [5.74, 6) is 3.27. The zero-order valence-corrected chi connectivity index (χ0v) is 15.9. The average Bonchev–Trinajstić information content (AvgIpc) is 3.42. The molecule has 0 saturated heterocycles. The normalized spacial score (nSPS) is 13.1. The van der Waals surface area contributed by atoms with Gasteiger partial charge in [0.1, 0.15) is 5.84 Å². The molecule has 1 aliphatic rings. The fourth-order valence-electron chi connectivity index (χ4n) is 3.01. The maximum atomic E-state index is 5.68. The molecule has 0 bridgehead atoms. The predicted molar refractivity (Wildman–Crippen MR) is 107 cm³/mol. The standard InChI is InChI=1S/C21H22N4O3/c1-3-26-17-10-9-16(13-18(17)27-4-2)20-24-21(28-25-20)15-7-5-14(6-8-15)19-22-11-12-23-19/h5-10,13H,3-4,11-12H2,1-2H3,(H,22,23). The third-order valence-electron chi connectivity index (χ3n) is 4.31. The Hall–Kier alpha value is -3.35. The van der Waals surface area contributed by atoms with Gasteiger partial charge in [-0.2, -0.15) is 4.98 Å². The van der Waals surface area contributed by atoms with Crippen molar-refractivity contribution in [3.05, 3.63) is 48.0 Å². The van der Waals surface area contributed by atoms with Gasteiger partial charge < -0.3 is 19.3 Å². The molecule has 144 valence electrons. The molecule has 3 aromatic rings. The molecule has 7 heteroatoms. The summed E-state index contributed by atoms with van der Waals surface area (Å²) in [5, 5.41) is 7.38. The first kappa shape index (κ1) is 18.0. The van der Waals surface area contributed by atoms with Gasteiger partial charge in [-0.15, -0.1) is 0 Å². The minimum Gasteiger partial charge on any atom is -0.490 e. The number of aromatic nitrogens is 2. The topological polar surface area (TPSA) is 81.8 Å². The highest BCUT2D eigenvalue weighted by Crippen LogP contribution is 2.32. The molecule has 28 heavy (non-hydrogen) atoms. The second-order valence-corrected chi connectivity index (χ2v) is 6.19. The van der Waals surface area contributed by atoms with Crippen LogP contribution in [0, 0.1) is 0 Å². The summed E-state index contributed by atoms with van der Waals surface area (Å²) >= 11 is 0. The number of amidine groups is 1. The van der Waals surface area contributed by atoms with Crippen molar-refractivity contribution in [2.75, 3.05) is 26.3 Å². The van der Waals surface area contributed by atoms with Gasteiger partial charge in [0.15, 0.2) is 11.5 Å². The summed E-state index contributed by atoms with van der Waals surface area (Å²) in [6.07, 6.45) is 0. The molecule has 2 heterocycles. The Kier molecular flexibility index (Phi) is 5.23. The molecular weight excluding hydrogens is 356 g/mol. The second-order valence-electron chi connectivity index (χ2n) is 6.19. The fourth-order valence-corrected chi connectivity index (χ4v) is 3.01. The number of benzene rings is 2. The molecule has 1 N–H and O–H groups in total. The van der Waals surface area contributed by atoms with E-state index in [4.69, 9.17) is 14.0 Å². The highest BCUT2D eigenvalue weighted by molar-refractivity contribution is 6.00. The highest BCUT2D eigenvalue weighted by atomic mass is 16.5. The Morgan fingerprint density at radius 1 is 0.929 bits per heavy atom. The molecule has 2 aromatic carbocycles. The molecule has 1 aromatic heterocycles. The van der Waals surface area contributed by atoms with Crippen LogP contribution in [0.4, 0.5) is 0 Å². The fraction of sp³-hybridized carbons (Fsp3) is 0.286. The third-order valence-corrected chi connectivity index (χ3v) is 4.31. The van der Waals surface area contributed by atoms with Crippen molar-refractivity contribution < 1.29 is 14.0 Å². The Bertz CT molecular complexity index is 980. The number of hydrogen-bond donors (Lipinski definition) is 1. The zero-order chi connectivity index (χ0) is 19.3. The first-order chi connectivity index (χ1) is 13.8. The molecule has 0 unspecified atom stereocenters. The van der Waals surface area contributed by atoms with Crippen molar-refractivity contribution in [3.8, 4) is 34.3 Å². The van der Waals surface area contributed by atoms with E-state index in [2.05, 4.69) is 20.4 Å². The minimum absolute atomic E-state index is 0.467. The van der Waals surface area contributed by atoms with Gasteiger partial charge in [0.25, 0.3) is 5.89 Å². The SMILES string of the molecule is CCOc1ccc(-c2noc(-c3ccc(C4=NCCN4)cc3)n2)cc1OCC. The lowest BCUT2D eigenvalue weighted by atomic mass is 10.1. The Morgan fingerprint density at radius 3 is 2.36 bits per heavy atom. The van der Waals surface area contributed by atoms with Crippen molar-refractivity contribution in [1.82, 2.24) is 15.5 Å². The molecule has 0 saturated carbocycles. The van der Waals surface area contributed by atoms with E-state index in [1.54, 1.807) is 0 Å². The third kappa shape index (κ3) is 3.69. The quantitative estimate of drug-likeness (QED) is 0.677. The molecule has 0 radical (unpaired) electrons. The van der Waals surface area contributed by atoms with E-state index in [0.29, 0.717) is 36.4 Å². The van der Waals surface area contributed by atoms with E-state index in [0.717, 1.165) is 35.6 Å². The van der Waals surface area contributed by atoms with E-state index in [1.807, 2.05) is 56.3 Å². The van der Waals surface area contributed by atoms with Gasteiger partial charge in [-0.1, -0.05) is 17.3 Å². The van der Waals surface area contributed by atoms with Gasteiger partial charge in [-0.05, 0) is 44.2 Å². The van der Waals surface area contributed by atoms with E-state index in [1.165, 1.54) is 0 Å². The molecule has 1 aliphatic heterocycles. The molecule has 0 fully saturated rings. The number of ether oxygens (including phenoxy) is 2. The van der Waals surface area contributed by atoms with E-state index < -0.39 is 0 Å². The van der Waals surface area contributed by atoms with Crippen LogP contribution in [0.2, 0.25) is 0 Å². The van der Waals surface area contributed by atoms with Crippen LogP contribution >= 0.6 is 0 Å². The average molecular weight is 378 g/mol. The molecule has 7 nitrogen and oxygen atoms in total. The largest absolute Gasteiger partial charge is 0.490 e. The monoisotopic (exact) mass is 378 g/mol. The number of nitrogens with zero attached hydrogens (tertiary/aromatic N) is 3.